The van der Waals surface area contributed by atoms with Crippen LogP contribution >= 0.6 is 0 Å². The minimum atomic E-state index is -0.692. The maximum atomic E-state index is 12.9. The van der Waals surface area contributed by atoms with Gasteiger partial charge in [0.2, 0.25) is 0 Å². The van der Waals surface area contributed by atoms with Crippen LogP contribution in [0.4, 0.5) is 0 Å². The van der Waals surface area contributed by atoms with Crippen LogP contribution in [-0.2, 0) is 19.0 Å². The Morgan fingerprint density at radius 2 is 1.19 bits per heavy atom. The Morgan fingerprint density at radius 1 is 0.778 bits per heavy atom. The van der Waals surface area contributed by atoms with E-state index < -0.39 is 11.0 Å². The lowest BCUT2D eigenvalue weighted by Gasteiger charge is -2.42. The third-order valence-corrected chi connectivity index (χ3v) is 7.74. The van der Waals surface area contributed by atoms with Crippen molar-refractivity contribution < 1.29 is 19.0 Å². The van der Waals surface area contributed by atoms with Crippen LogP contribution in [0, 0.1) is 5.41 Å². The van der Waals surface area contributed by atoms with Gasteiger partial charge >= 0.3 is 5.97 Å². The smallest absolute Gasteiger partial charge is 0.311 e. The fourth-order valence-electron chi connectivity index (χ4n) is 5.90. The molecule has 0 radical (unpaired) electrons. The molecule has 0 aromatic carbocycles. The normalized spacial score (nSPS) is 34.4. The Kier molecular flexibility index (Phi) is 4.91. The van der Waals surface area contributed by atoms with Gasteiger partial charge in [-0.25, -0.2) is 0 Å². The molecule has 2 saturated heterocycles. The molecule has 0 N–H and O–H groups in total. The maximum Gasteiger partial charge on any atom is 0.311 e. The standard InChI is InChI=1S/C23H38O4/c1-20(2,3)19(24)27-21(4,17-9-15-22(25-17)11-5-6-12-22)18-10-16-23(26-18)13-7-8-14-23/h17-18H,5-16H2,1-4H3. The number of hydrogen-bond donors (Lipinski definition) is 0. The molecule has 2 heterocycles. The molecule has 27 heavy (non-hydrogen) atoms. The van der Waals surface area contributed by atoms with Crippen LogP contribution in [0.1, 0.15) is 105 Å². The van der Waals surface area contributed by atoms with Gasteiger partial charge in [0, 0.05) is 0 Å². The minimum absolute atomic E-state index is 0.0315. The molecule has 4 fully saturated rings. The number of ether oxygens (including phenoxy) is 3. The minimum Gasteiger partial charge on any atom is -0.453 e. The molecule has 2 unspecified atom stereocenters. The van der Waals surface area contributed by atoms with Crippen molar-refractivity contribution in [2.45, 2.75) is 134 Å². The molecule has 2 aliphatic carbocycles. The molecule has 4 rings (SSSR count). The van der Waals surface area contributed by atoms with Crippen LogP contribution < -0.4 is 0 Å². The van der Waals surface area contributed by atoms with E-state index in [-0.39, 0.29) is 29.4 Å². The van der Waals surface area contributed by atoms with Gasteiger partial charge in [-0.15, -0.1) is 0 Å². The first-order valence-electron chi connectivity index (χ1n) is 11.3. The molecule has 154 valence electrons. The summed E-state index contributed by atoms with van der Waals surface area (Å²) in [6, 6.07) is 0. The fraction of sp³-hybridized carbons (Fsp3) is 0.957. The van der Waals surface area contributed by atoms with Crippen LogP contribution in [0.2, 0.25) is 0 Å². The van der Waals surface area contributed by atoms with Crippen LogP contribution in [-0.4, -0.2) is 35.0 Å². The summed E-state index contributed by atoms with van der Waals surface area (Å²) in [4.78, 5) is 12.9. The van der Waals surface area contributed by atoms with Crippen molar-refractivity contribution in [2.24, 2.45) is 5.41 Å². The predicted molar refractivity (Wildman–Crippen MR) is 105 cm³/mol. The van der Waals surface area contributed by atoms with Crippen molar-refractivity contribution in [3.8, 4) is 0 Å². The van der Waals surface area contributed by atoms with Gasteiger partial charge in [0.15, 0.2) is 5.60 Å². The summed E-state index contributed by atoms with van der Waals surface area (Å²) in [6.07, 6.45) is 13.7. The highest BCUT2D eigenvalue weighted by atomic mass is 16.6. The van der Waals surface area contributed by atoms with Crippen molar-refractivity contribution in [1.82, 2.24) is 0 Å². The first-order chi connectivity index (χ1) is 12.7. The predicted octanol–water partition coefficient (Wildman–Crippen LogP) is 5.32. The Hall–Kier alpha value is -0.610. The van der Waals surface area contributed by atoms with Crippen LogP contribution in [0.3, 0.4) is 0 Å². The zero-order valence-electron chi connectivity index (χ0n) is 17.8. The van der Waals surface area contributed by atoms with Gasteiger partial charge in [0.25, 0.3) is 0 Å². The quantitative estimate of drug-likeness (QED) is 0.624. The highest BCUT2D eigenvalue weighted by Gasteiger charge is 2.58. The van der Waals surface area contributed by atoms with E-state index in [9.17, 15) is 4.79 Å². The average molecular weight is 379 g/mol. The van der Waals surface area contributed by atoms with Gasteiger partial charge in [-0.05, 0) is 79.1 Å². The molecule has 4 aliphatic rings. The first kappa shape index (κ1) is 19.7. The van der Waals surface area contributed by atoms with Gasteiger partial charge in [-0.3, -0.25) is 4.79 Å². The van der Waals surface area contributed by atoms with Crippen LogP contribution in [0.15, 0.2) is 0 Å². The monoisotopic (exact) mass is 378 g/mol. The van der Waals surface area contributed by atoms with Crippen molar-refractivity contribution in [3.63, 3.8) is 0 Å². The van der Waals surface area contributed by atoms with E-state index in [1.807, 2.05) is 20.8 Å². The van der Waals surface area contributed by atoms with Crippen molar-refractivity contribution in [1.29, 1.82) is 0 Å². The van der Waals surface area contributed by atoms with E-state index in [1.54, 1.807) is 0 Å². The molecular weight excluding hydrogens is 340 g/mol. The Balaban J connectivity index is 1.56. The van der Waals surface area contributed by atoms with Crippen molar-refractivity contribution in [3.05, 3.63) is 0 Å². The molecule has 0 aromatic rings. The summed E-state index contributed by atoms with van der Waals surface area (Å²) in [5, 5.41) is 0. The van der Waals surface area contributed by atoms with E-state index >= 15 is 0 Å². The highest BCUT2D eigenvalue weighted by Crippen LogP contribution is 2.52. The second kappa shape index (κ2) is 6.73. The molecular formula is C23H38O4. The molecule has 2 saturated carbocycles. The van der Waals surface area contributed by atoms with E-state index in [4.69, 9.17) is 14.2 Å². The zero-order chi connectivity index (χ0) is 19.3. The molecule has 2 spiro atoms. The Bertz CT molecular complexity index is 529. The average Bonchev–Trinajstić information content (AvgIpc) is 3.39. The van der Waals surface area contributed by atoms with E-state index in [0.29, 0.717) is 0 Å². The second-order valence-corrected chi connectivity index (χ2v) is 10.9. The third-order valence-electron chi connectivity index (χ3n) is 7.74. The second-order valence-electron chi connectivity index (χ2n) is 10.9. The molecule has 4 nitrogen and oxygen atoms in total. The third kappa shape index (κ3) is 3.57. The summed E-state index contributed by atoms with van der Waals surface area (Å²) >= 11 is 0. The van der Waals surface area contributed by atoms with Gasteiger partial charge in [-0.2, -0.15) is 0 Å². The maximum absolute atomic E-state index is 12.9. The van der Waals surface area contributed by atoms with Gasteiger partial charge in [0.1, 0.15) is 12.2 Å². The van der Waals surface area contributed by atoms with Gasteiger partial charge < -0.3 is 14.2 Å². The molecule has 0 aromatic heterocycles. The van der Waals surface area contributed by atoms with E-state index in [0.717, 1.165) is 51.4 Å². The Morgan fingerprint density at radius 3 is 1.56 bits per heavy atom. The lowest BCUT2D eigenvalue weighted by molar-refractivity contribution is -0.222. The summed E-state index contributed by atoms with van der Waals surface area (Å²) in [5.74, 6) is -0.142. The number of esters is 1. The molecule has 2 atom stereocenters. The lowest BCUT2D eigenvalue weighted by atomic mass is 9.86. The summed E-state index contributed by atoms with van der Waals surface area (Å²) in [7, 11) is 0. The molecule has 0 bridgehead atoms. The highest BCUT2D eigenvalue weighted by molar-refractivity contribution is 5.76. The number of rotatable bonds is 3. The first-order valence-corrected chi connectivity index (χ1v) is 11.3. The van der Waals surface area contributed by atoms with Gasteiger partial charge in [0.05, 0.1) is 16.6 Å². The number of hydrogen-bond acceptors (Lipinski definition) is 4. The van der Waals surface area contributed by atoms with E-state index in [2.05, 4.69) is 6.92 Å². The SMILES string of the molecule is CC(C)(C)C(=O)OC(C)(C1CCC2(CCCC2)O1)C1CCC2(CCCC2)O1. The topological polar surface area (TPSA) is 44.8 Å². The Labute approximate surface area is 164 Å². The van der Waals surface area contributed by atoms with Crippen LogP contribution in [0.25, 0.3) is 0 Å². The van der Waals surface area contributed by atoms with Crippen molar-refractivity contribution >= 4 is 5.97 Å². The molecule has 4 heteroatoms. The molecule has 0 amide bonds. The van der Waals surface area contributed by atoms with Crippen molar-refractivity contribution in [2.75, 3.05) is 0 Å². The van der Waals surface area contributed by atoms with E-state index in [1.165, 1.54) is 25.7 Å². The zero-order valence-corrected chi connectivity index (χ0v) is 17.8. The summed E-state index contributed by atoms with van der Waals surface area (Å²) < 4.78 is 19.7. The number of carbonyl (C=O) groups excluding carboxylic acids is 1. The molecule has 2 aliphatic heterocycles. The largest absolute Gasteiger partial charge is 0.453 e. The summed E-state index contributed by atoms with van der Waals surface area (Å²) in [5.41, 5.74) is -1.15. The summed E-state index contributed by atoms with van der Waals surface area (Å²) in [6.45, 7) is 7.88. The number of carbonyl (C=O) groups is 1. The fourth-order valence-corrected chi connectivity index (χ4v) is 5.90. The lowest BCUT2D eigenvalue weighted by Crippen LogP contribution is -2.55. The van der Waals surface area contributed by atoms with Crippen LogP contribution in [0.5, 0.6) is 0 Å². The van der Waals surface area contributed by atoms with Gasteiger partial charge in [-0.1, -0.05) is 25.7 Å².